The number of fused-ring (bicyclic) bond motifs is 1. The van der Waals surface area contributed by atoms with Gasteiger partial charge in [0.05, 0.1) is 5.69 Å². The molecule has 0 bridgehead atoms. The van der Waals surface area contributed by atoms with Crippen molar-refractivity contribution in [1.82, 2.24) is 20.2 Å². The Hall–Kier alpha value is -0.340. The molecule has 104 valence electrons. The molecule has 0 aromatic carbocycles. The number of aromatic nitrogens is 2. The van der Waals surface area contributed by atoms with Gasteiger partial charge >= 0.3 is 5.37 Å². The van der Waals surface area contributed by atoms with Gasteiger partial charge in [0.15, 0.2) is 0 Å². The van der Waals surface area contributed by atoms with Crippen LogP contribution in [0, 0.1) is 9.62 Å². The Morgan fingerprint density at radius 2 is 2.42 bits per heavy atom. The number of hydrogen-bond donors (Lipinski definition) is 2. The van der Waals surface area contributed by atoms with Crippen molar-refractivity contribution in [3.05, 3.63) is 15.2 Å². The zero-order valence-corrected chi connectivity index (χ0v) is 13.4. The van der Waals surface area contributed by atoms with E-state index in [0.29, 0.717) is 18.4 Å². The fraction of sp³-hybridized carbons (Fsp3) is 0.667. The van der Waals surface area contributed by atoms with Crippen LogP contribution < -0.4 is 10.6 Å². The Kier molecular flexibility index (Phi) is 4.00. The Bertz CT molecular complexity index is 504. The van der Waals surface area contributed by atoms with E-state index in [2.05, 4.69) is 37.8 Å². The number of carbonyl (C=O) groups excluding carboxylic acids is 1. The highest BCUT2D eigenvalue weighted by molar-refractivity contribution is 14.1. The van der Waals surface area contributed by atoms with Crippen LogP contribution in [0.1, 0.15) is 30.3 Å². The predicted octanol–water partition coefficient (Wildman–Crippen LogP) is 2.03. The van der Waals surface area contributed by atoms with Gasteiger partial charge in [-0.05, 0) is 53.0 Å². The molecule has 1 aromatic heterocycles. The Labute approximate surface area is 130 Å². The summed E-state index contributed by atoms with van der Waals surface area (Å²) >= 11 is 7.65. The molecule has 1 amide bonds. The average molecular weight is 395 g/mol. The van der Waals surface area contributed by atoms with Crippen LogP contribution in [-0.2, 0) is 13.1 Å². The van der Waals surface area contributed by atoms with E-state index in [-0.39, 0.29) is 0 Å². The number of nitrogens with one attached hydrogen (secondary N) is 2. The maximum atomic E-state index is 10.8. The minimum Gasteiger partial charge on any atom is -0.342 e. The lowest BCUT2D eigenvalue weighted by Crippen LogP contribution is -2.37. The van der Waals surface area contributed by atoms with Gasteiger partial charge in [-0.25, -0.2) is 4.98 Å². The molecule has 1 fully saturated rings. The molecule has 1 saturated carbocycles. The van der Waals surface area contributed by atoms with Crippen LogP contribution in [-0.4, -0.2) is 28.0 Å². The summed E-state index contributed by atoms with van der Waals surface area (Å²) in [6.07, 6.45) is 2.29. The highest BCUT2D eigenvalue weighted by Gasteiger charge is 2.36. The van der Waals surface area contributed by atoms with Crippen LogP contribution in [0.15, 0.2) is 0 Å². The summed E-state index contributed by atoms with van der Waals surface area (Å²) in [7, 11) is 0. The molecular formula is C12H16ClIN4O. The van der Waals surface area contributed by atoms with E-state index in [4.69, 9.17) is 16.6 Å². The van der Waals surface area contributed by atoms with E-state index in [1.54, 1.807) is 0 Å². The smallest absolute Gasteiger partial charge is 0.313 e. The number of halogens is 2. The van der Waals surface area contributed by atoms with Gasteiger partial charge in [0, 0.05) is 32.1 Å². The van der Waals surface area contributed by atoms with Crippen LogP contribution in [0.5, 0.6) is 0 Å². The van der Waals surface area contributed by atoms with E-state index < -0.39 is 5.37 Å². The van der Waals surface area contributed by atoms with Crippen molar-refractivity contribution in [2.45, 2.75) is 31.8 Å². The van der Waals surface area contributed by atoms with Crippen molar-refractivity contribution in [2.75, 3.05) is 13.1 Å². The third-order valence-electron chi connectivity index (χ3n) is 4.11. The molecule has 2 heterocycles. The van der Waals surface area contributed by atoms with Crippen molar-refractivity contribution in [3.8, 4) is 0 Å². The first-order valence-electron chi connectivity index (χ1n) is 6.55. The second-order valence-electron chi connectivity index (χ2n) is 5.13. The molecule has 2 N–H and O–H groups in total. The first-order chi connectivity index (χ1) is 9.16. The molecule has 2 unspecified atom stereocenters. The number of hydrogen-bond acceptors (Lipinski definition) is 3. The maximum Gasteiger partial charge on any atom is 0.313 e. The molecule has 0 spiro atoms. The number of carbonyl (C=O) groups is 1. The SMILES string of the molecule is O=C(Cl)NCC1CCC1c1nc(I)c2n1CCNC2. The fourth-order valence-corrected chi connectivity index (χ4v) is 3.74. The summed E-state index contributed by atoms with van der Waals surface area (Å²) in [5.74, 6) is 2.13. The summed E-state index contributed by atoms with van der Waals surface area (Å²) in [4.78, 5) is 15.5. The molecule has 19 heavy (non-hydrogen) atoms. The number of imidazole rings is 1. The molecule has 0 saturated heterocycles. The minimum atomic E-state index is -0.463. The average Bonchev–Trinajstić information content (AvgIpc) is 2.66. The minimum absolute atomic E-state index is 0.462. The predicted molar refractivity (Wildman–Crippen MR) is 81.4 cm³/mol. The Morgan fingerprint density at radius 1 is 1.58 bits per heavy atom. The van der Waals surface area contributed by atoms with Gasteiger partial charge in [-0.1, -0.05) is 0 Å². The number of rotatable bonds is 3. The van der Waals surface area contributed by atoms with E-state index in [9.17, 15) is 4.79 Å². The summed E-state index contributed by atoms with van der Waals surface area (Å²) in [5.41, 5.74) is 1.30. The Morgan fingerprint density at radius 3 is 3.11 bits per heavy atom. The topological polar surface area (TPSA) is 59.0 Å². The van der Waals surface area contributed by atoms with Gasteiger partial charge in [0.1, 0.15) is 9.53 Å². The number of amides is 1. The molecule has 0 radical (unpaired) electrons. The second-order valence-corrected chi connectivity index (χ2v) is 6.50. The summed E-state index contributed by atoms with van der Waals surface area (Å²) < 4.78 is 3.46. The third kappa shape index (κ3) is 2.62. The quantitative estimate of drug-likeness (QED) is 0.469. The lowest BCUT2D eigenvalue weighted by Gasteiger charge is -2.36. The van der Waals surface area contributed by atoms with E-state index in [1.165, 1.54) is 11.5 Å². The molecule has 5 nitrogen and oxygen atoms in total. The van der Waals surface area contributed by atoms with Gasteiger partial charge < -0.3 is 15.2 Å². The molecule has 3 rings (SSSR count). The molecular weight excluding hydrogens is 379 g/mol. The lowest BCUT2D eigenvalue weighted by molar-refractivity contribution is 0.224. The molecule has 1 aliphatic heterocycles. The Balaban J connectivity index is 1.77. The highest BCUT2D eigenvalue weighted by Crippen LogP contribution is 2.42. The second kappa shape index (κ2) is 5.57. The molecule has 2 aliphatic rings. The van der Waals surface area contributed by atoms with Crippen LogP contribution in [0.25, 0.3) is 0 Å². The third-order valence-corrected chi connectivity index (χ3v) is 5.11. The monoisotopic (exact) mass is 394 g/mol. The summed E-state index contributed by atoms with van der Waals surface area (Å²) in [6, 6.07) is 0. The van der Waals surface area contributed by atoms with Crippen molar-refractivity contribution in [1.29, 1.82) is 0 Å². The molecule has 1 aliphatic carbocycles. The normalized spacial score (nSPS) is 25.6. The molecule has 2 atom stereocenters. The standard InChI is InChI=1S/C12H16ClIN4O/c13-12(19)16-5-7-1-2-8(7)11-17-10(14)9-6-15-3-4-18(9)11/h7-8,15H,1-6H2,(H,16,19). The van der Waals surface area contributed by atoms with E-state index >= 15 is 0 Å². The van der Waals surface area contributed by atoms with Crippen molar-refractivity contribution in [3.63, 3.8) is 0 Å². The van der Waals surface area contributed by atoms with Crippen LogP contribution in [0.4, 0.5) is 4.79 Å². The lowest BCUT2D eigenvalue weighted by atomic mass is 9.73. The number of nitrogens with zero attached hydrogens (tertiary/aromatic N) is 2. The largest absolute Gasteiger partial charge is 0.342 e. The van der Waals surface area contributed by atoms with Crippen LogP contribution >= 0.6 is 34.2 Å². The first-order valence-corrected chi connectivity index (χ1v) is 8.01. The van der Waals surface area contributed by atoms with Crippen molar-refractivity contribution >= 4 is 39.6 Å². The molecule has 1 aromatic rings. The van der Waals surface area contributed by atoms with E-state index in [1.807, 2.05) is 0 Å². The van der Waals surface area contributed by atoms with Gasteiger partial charge in [0.2, 0.25) is 0 Å². The van der Waals surface area contributed by atoms with Crippen molar-refractivity contribution < 1.29 is 4.79 Å². The van der Waals surface area contributed by atoms with Gasteiger partial charge in [-0.2, -0.15) is 0 Å². The first kappa shape index (κ1) is 13.6. The van der Waals surface area contributed by atoms with Gasteiger partial charge in [-0.15, -0.1) is 0 Å². The molecule has 7 heteroatoms. The summed E-state index contributed by atoms with van der Waals surface area (Å²) in [5, 5.41) is 5.63. The van der Waals surface area contributed by atoms with Crippen LogP contribution in [0.3, 0.4) is 0 Å². The van der Waals surface area contributed by atoms with Gasteiger partial charge in [0.25, 0.3) is 0 Å². The fourth-order valence-electron chi connectivity index (χ4n) is 2.94. The zero-order chi connectivity index (χ0) is 13.4. The summed E-state index contributed by atoms with van der Waals surface area (Å²) in [6.45, 7) is 3.55. The highest BCUT2D eigenvalue weighted by atomic mass is 127. The zero-order valence-electron chi connectivity index (χ0n) is 10.5. The van der Waals surface area contributed by atoms with Crippen molar-refractivity contribution in [2.24, 2.45) is 5.92 Å². The maximum absolute atomic E-state index is 10.8. The van der Waals surface area contributed by atoms with Crippen LogP contribution in [0.2, 0.25) is 0 Å². The van der Waals surface area contributed by atoms with E-state index in [0.717, 1.165) is 36.2 Å². The van der Waals surface area contributed by atoms with Gasteiger partial charge in [-0.3, -0.25) is 4.79 Å².